The van der Waals surface area contributed by atoms with Crippen molar-refractivity contribution in [2.45, 2.75) is 136 Å². The van der Waals surface area contributed by atoms with Gasteiger partial charge >= 0.3 is 5.97 Å². The van der Waals surface area contributed by atoms with Crippen LogP contribution >= 0.6 is 0 Å². The van der Waals surface area contributed by atoms with E-state index in [9.17, 15) is 19.5 Å². The molecular weight excluding hydrogens is 544 g/mol. The Hall–Kier alpha value is -1.57. The normalized spacial score (nSPS) is 51.4. The van der Waals surface area contributed by atoms with Crippen LogP contribution < -0.4 is 0 Å². The first-order valence-corrected chi connectivity index (χ1v) is 17.2. The van der Waals surface area contributed by atoms with Crippen LogP contribution in [0, 0.1) is 51.2 Å². The van der Waals surface area contributed by atoms with Crippen molar-refractivity contribution in [3.8, 4) is 0 Å². The Labute approximate surface area is 256 Å². The van der Waals surface area contributed by atoms with Gasteiger partial charge in [-0.1, -0.05) is 46.3 Å². The van der Waals surface area contributed by atoms with Crippen molar-refractivity contribution in [1.82, 2.24) is 0 Å². The van der Waals surface area contributed by atoms with Crippen LogP contribution in [0.25, 0.3) is 0 Å². The average Bonchev–Trinajstić information content (AvgIpc) is 3.76. The van der Waals surface area contributed by atoms with E-state index in [4.69, 9.17) is 14.2 Å². The summed E-state index contributed by atoms with van der Waals surface area (Å²) < 4.78 is 17.1. The third-order valence-corrected chi connectivity index (χ3v) is 14.3. The number of carbonyl (C=O) groups excluding carboxylic acids is 3. The first-order valence-electron chi connectivity index (χ1n) is 17.2. The highest BCUT2D eigenvalue weighted by atomic mass is 16.7. The van der Waals surface area contributed by atoms with Gasteiger partial charge in [-0.2, -0.15) is 0 Å². The molecule has 1 N–H and O–H groups in total. The van der Waals surface area contributed by atoms with Gasteiger partial charge in [0.2, 0.25) is 0 Å². The van der Waals surface area contributed by atoms with Crippen molar-refractivity contribution in [2.75, 3.05) is 6.61 Å². The molecule has 0 radical (unpaired) electrons. The van der Waals surface area contributed by atoms with Crippen LogP contribution in [0.15, 0.2) is 11.6 Å². The molecule has 0 bridgehead atoms. The molecular formula is C36H52O7. The molecule has 0 aromatic carbocycles. The second-order valence-corrected chi connectivity index (χ2v) is 16.7. The summed E-state index contributed by atoms with van der Waals surface area (Å²) in [6, 6.07) is 0. The van der Waals surface area contributed by atoms with E-state index in [2.05, 4.69) is 40.7 Å². The molecule has 2 heterocycles. The molecule has 6 fully saturated rings. The number of Topliss-reactive ketones (excluding diaryl/α,β-unsaturated/α-hetero) is 2. The molecule has 13 atom stereocenters. The largest absolute Gasteiger partial charge is 0.464 e. The van der Waals surface area contributed by atoms with E-state index in [1.54, 1.807) is 6.92 Å². The Bertz CT molecular complexity index is 1240. The Kier molecular flexibility index (Phi) is 6.97. The van der Waals surface area contributed by atoms with Gasteiger partial charge < -0.3 is 19.3 Å². The number of hydrogen-bond acceptors (Lipinski definition) is 7. The van der Waals surface area contributed by atoms with Gasteiger partial charge in [0, 0.05) is 17.8 Å². The molecule has 7 nitrogen and oxygen atoms in total. The quantitative estimate of drug-likeness (QED) is 0.256. The number of ether oxygens (including phenoxy) is 3. The average molecular weight is 597 g/mol. The number of aliphatic hydroxyl groups excluding tert-OH is 1. The van der Waals surface area contributed by atoms with Gasteiger partial charge in [0.15, 0.2) is 11.9 Å². The number of aliphatic hydroxyl groups is 1. The summed E-state index contributed by atoms with van der Waals surface area (Å²) in [6.45, 7) is 13.8. The van der Waals surface area contributed by atoms with Gasteiger partial charge in [0.25, 0.3) is 0 Å². The zero-order chi connectivity index (χ0) is 30.7. The summed E-state index contributed by atoms with van der Waals surface area (Å²) in [5.41, 5.74) is 1.29. The number of carbonyl (C=O) groups is 3. The number of esters is 1. The van der Waals surface area contributed by atoms with E-state index in [1.807, 2.05) is 0 Å². The van der Waals surface area contributed by atoms with E-state index in [0.717, 1.165) is 57.8 Å². The SMILES string of the molecule is CCOC(=O)C1OC(C(=O)C23CCC4C(=CCC5C4(C)CCC4C(C)C(=O)CCC45C)C2CC(C)(C)CC3)C(O)C2OC12. The van der Waals surface area contributed by atoms with E-state index < -0.39 is 41.9 Å². The number of rotatable bonds is 4. The Morgan fingerprint density at radius 3 is 2.47 bits per heavy atom. The van der Waals surface area contributed by atoms with Gasteiger partial charge in [0.1, 0.15) is 30.2 Å². The topological polar surface area (TPSA) is 102 Å². The molecule has 2 saturated heterocycles. The van der Waals surface area contributed by atoms with Crippen molar-refractivity contribution >= 4 is 17.5 Å². The predicted molar refractivity (Wildman–Crippen MR) is 160 cm³/mol. The maximum absolute atomic E-state index is 14.8. The van der Waals surface area contributed by atoms with Crippen molar-refractivity contribution in [3.63, 3.8) is 0 Å². The predicted octanol–water partition coefficient (Wildman–Crippen LogP) is 5.60. The molecule has 0 aromatic rings. The molecule has 4 saturated carbocycles. The van der Waals surface area contributed by atoms with Crippen LogP contribution in [0.2, 0.25) is 0 Å². The fourth-order valence-electron chi connectivity index (χ4n) is 11.8. The van der Waals surface area contributed by atoms with Crippen LogP contribution in [0.4, 0.5) is 0 Å². The standard InChI is InChI=1S/C36H52O7/c1-7-41-32(40)30-29-27(42-29)26(38)28(43-30)31(39)36-15-11-22-20(23(36)18-33(3,4)16-17-36)8-9-25-34(5)14-12-24(37)19(2)21(34)10-13-35(22,25)6/h8,19,21-23,25-30,38H,7,9-18H2,1-6H3. The van der Waals surface area contributed by atoms with E-state index >= 15 is 0 Å². The van der Waals surface area contributed by atoms with Gasteiger partial charge in [-0.25, -0.2) is 4.79 Å². The first kappa shape index (κ1) is 30.1. The molecule has 0 amide bonds. The second-order valence-electron chi connectivity index (χ2n) is 16.7. The molecule has 43 heavy (non-hydrogen) atoms. The second kappa shape index (κ2) is 9.96. The summed E-state index contributed by atoms with van der Waals surface area (Å²) in [5, 5.41) is 11.2. The molecule has 13 unspecified atom stereocenters. The maximum Gasteiger partial charge on any atom is 0.338 e. The fraction of sp³-hybridized carbons (Fsp3) is 0.861. The summed E-state index contributed by atoms with van der Waals surface area (Å²) in [4.78, 5) is 40.3. The number of allylic oxidation sites excluding steroid dienone is 2. The van der Waals surface area contributed by atoms with Gasteiger partial charge in [0.05, 0.1) is 6.61 Å². The summed E-state index contributed by atoms with van der Waals surface area (Å²) in [5.74, 6) is 1.59. The molecule has 0 spiro atoms. The lowest BCUT2D eigenvalue weighted by Crippen LogP contribution is -2.62. The zero-order valence-electron chi connectivity index (χ0n) is 27.0. The number of fused-ring (bicyclic) bond motifs is 8. The van der Waals surface area contributed by atoms with Crippen LogP contribution in [-0.2, 0) is 28.6 Å². The van der Waals surface area contributed by atoms with Crippen molar-refractivity contribution < 1.29 is 33.7 Å². The fourth-order valence-corrected chi connectivity index (χ4v) is 11.8. The minimum atomic E-state index is -1.08. The van der Waals surface area contributed by atoms with E-state index in [1.165, 1.54) is 5.57 Å². The van der Waals surface area contributed by atoms with Gasteiger partial charge in [-0.15, -0.1) is 0 Å². The van der Waals surface area contributed by atoms with Crippen molar-refractivity contribution in [2.24, 2.45) is 51.2 Å². The summed E-state index contributed by atoms with van der Waals surface area (Å²) in [6.07, 6.45) is 7.70. The number of hydrogen-bond donors (Lipinski definition) is 1. The van der Waals surface area contributed by atoms with Crippen molar-refractivity contribution in [3.05, 3.63) is 11.6 Å². The van der Waals surface area contributed by atoms with Crippen LogP contribution in [-0.4, -0.2) is 59.8 Å². The van der Waals surface area contributed by atoms with E-state index in [-0.39, 0.29) is 40.5 Å². The Morgan fingerprint density at radius 2 is 1.72 bits per heavy atom. The lowest BCUT2D eigenvalue weighted by Gasteiger charge is -2.66. The molecule has 2 aliphatic heterocycles. The highest BCUT2D eigenvalue weighted by Crippen LogP contribution is 2.71. The maximum atomic E-state index is 14.8. The molecule has 7 aliphatic rings. The first-order chi connectivity index (χ1) is 20.3. The minimum absolute atomic E-state index is 0.0364. The highest BCUT2D eigenvalue weighted by Gasteiger charge is 2.67. The lowest BCUT2D eigenvalue weighted by molar-refractivity contribution is -0.183. The molecule has 0 aromatic heterocycles. The smallest absolute Gasteiger partial charge is 0.338 e. The highest BCUT2D eigenvalue weighted by molar-refractivity contribution is 5.91. The summed E-state index contributed by atoms with van der Waals surface area (Å²) >= 11 is 0. The minimum Gasteiger partial charge on any atom is -0.464 e. The number of epoxide rings is 1. The lowest BCUT2D eigenvalue weighted by atomic mass is 9.38. The van der Waals surface area contributed by atoms with Crippen LogP contribution in [0.5, 0.6) is 0 Å². The molecule has 5 aliphatic carbocycles. The zero-order valence-corrected chi connectivity index (χ0v) is 27.0. The van der Waals surface area contributed by atoms with E-state index in [0.29, 0.717) is 30.0 Å². The van der Waals surface area contributed by atoms with Crippen LogP contribution in [0.1, 0.15) is 106 Å². The Morgan fingerprint density at radius 1 is 0.953 bits per heavy atom. The monoisotopic (exact) mass is 596 g/mol. The third kappa shape index (κ3) is 4.26. The van der Waals surface area contributed by atoms with Crippen LogP contribution in [0.3, 0.4) is 0 Å². The molecule has 238 valence electrons. The molecule has 7 heteroatoms. The van der Waals surface area contributed by atoms with Gasteiger partial charge in [-0.3, -0.25) is 9.59 Å². The summed E-state index contributed by atoms with van der Waals surface area (Å²) in [7, 11) is 0. The van der Waals surface area contributed by atoms with Crippen molar-refractivity contribution in [1.29, 1.82) is 0 Å². The third-order valence-electron chi connectivity index (χ3n) is 14.3. The molecule has 7 rings (SSSR count). The number of ketones is 2. The van der Waals surface area contributed by atoms with Gasteiger partial charge in [-0.05, 0) is 105 Å². The Balaban J connectivity index is 1.23.